The Balaban J connectivity index is 1.61. The predicted molar refractivity (Wildman–Crippen MR) is 132 cm³/mol. The number of ether oxygens (including phenoxy) is 1. The number of amides is 1. The average Bonchev–Trinajstić information content (AvgIpc) is 2.80. The SMILES string of the molecule is CC(C)COc1ccc([C@H]2CC(=O)Nc3c2c(=O)nc(SCc2ccc(Cl)cc2)n3C)cc1. The van der Waals surface area contributed by atoms with E-state index in [9.17, 15) is 9.59 Å². The number of anilines is 1. The van der Waals surface area contributed by atoms with E-state index >= 15 is 0 Å². The summed E-state index contributed by atoms with van der Waals surface area (Å²) in [4.78, 5) is 30.0. The molecule has 33 heavy (non-hydrogen) atoms. The summed E-state index contributed by atoms with van der Waals surface area (Å²) in [6.07, 6.45) is 0.202. The molecule has 4 rings (SSSR count). The zero-order valence-corrected chi connectivity index (χ0v) is 20.4. The Labute approximate surface area is 202 Å². The smallest absolute Gasteiger partial charge is 0.279 e. The van der Waals surface area contributed by atoms with Crippen LogP contribution in [0.1, 0.15) is 42.9 Å². The maximum absolute atomic E-state index is 13.1. The number of thioether (sulfide) groups is 1. The van der Waals surface area contributed by atoms with Crippen LogP contribution in [0.5, 0.6) is 5.75 Å². The van der Waals surface area contributed by atoms with E-state index in [0.29, 0.717) is 39.8 Å². The normalized spacial score (nSPS) is 15.3. The molecule has 1 atom stereocenters. The molecule has 1 aliphatic heterocycles. The minimum atomic E-state index is -0.352. The zero-order chi connectivity index (χ0) is 23.5. The number of fused-ring (bicyclic) bond motifs is 1. The van der Waals surface area contributed by atoms with Gasteiger partial charge < -0.3 is 14.6 Å². The Bertz CT molecular complexity index is 1210. The summed E-state index contributed by atoms with van der Waals surface area (Å²) in [6, 6.07) is 15.2. The number of hydrogen-bond acceptors (Lipinski definition) is 5. The number of carbonyl (C=O) groups excluding carboxylic acids is 1. The number of halogens is 1. The van der Waals surface area contributed by atoms with Crippen molar-refractivity contribution in [1.82, 2.24) is 9.55 Å². The molecule has 0 radical (unpaired) electrons. The first kappa shape index (κ1) is 23.4. The Hall–Kier alpha value is -2.77. The van der Waals surface area contributed by atoms with Crippen LogP contribution < -0.4 is 15.6 Å². The molecule has 2 heterocycles. The van der Waals surface area contributed by atoms with E-state index in [2.05, 4.69) is 24.1 Å². The highest BCUT2D eigenvalue weighted by Crippen LogP contribution is 2.36. The van der Waals surface area contributed by atoms with Crippen molar-refractivity contribution >= 4 is 35.1 Å². The van der Waals surface area contributed by atoms with Crippen molar-refractivity contribution in [3.63, 3.8) is 0 Å². The number of carbonyl (C=O) groups is 1. The molecule has 0 aliphatic carbocycles. The van der Waals surface area contributed by atoms with Gasteiger partial charge in [-0.1, -0.05) is 61.5 Å². The molecule has 0 unspecified atom stereocenters. The molecule has 6 nitrogen and oxygen atoms in total. The largest absolute Gasteiger partial charge is 0.493 e. The van der Waals surface area contributed by atoms with Crippen molar-refractivity contribution in [3.8, 4) is 5.75 Å². The van der Waals surface area contributed by atoms with E-state index in [4.69, 9.17) is 16.3 Å². The van der Waals surface area contributed by atoms with Crippen molar-refractivity contribution < 1.29 is 9.53 Å². The Morgan fingerprint density at radius 1 is 1.15 bits per heavy atom. The number of nitrogens with one attached hydrogen (secondary N) is 1. The summed E-state index contributed by atoms with van der Waals surface area (Å²) in [5.74, 6) is 1.87. The molecule has 0 spiro atoms. The molecule has 8 heteroatoms. The lowest BCUT2D eigenvalue weighted by molar-refractivity contribution is -0.116. The molecular weight excluding hydrogens is 458 g/mol. The minimum absolute atomic E-state index is 0.123. The van der Waals surface area contributed by atoms with Crippen LogP contribution in [-0.4, -0.2) is 22.1 Å². The first-order chi connectivity index (χ1) is 15.8. The second-order valence-electron chi connectivity index (χ2n) is 8.51. The van der Waals surface area contributed by atoms with Crippen molar-refractivity contribution in [3.05, 3.63) is 80.6 Å². The molecule has 0 bridgehead atoms. The van der Waals surface area contributed by atoms with Gasteiger partial charge in [0.2, 0.25) is 5.91 Å². The molecule has 1 aliphatic rings. The van der Waals surface area contributed by atoms with Crippen LogP contribution in [0.25, 0.3) is 0 Å². The topological polar surface area (TPSA) is 73.2 Å². The van der Waals surface area contributed by atoms with E-state index in [1.165, 1.54) is 11.8 Å². The lowest BCUT2D eigenvalue weighted by atomic mass is 9.87. The monoisotopic (exact) mass is 483 g/mol. The maximum atomic E-state index is 13.1. The molecule has 1 N–H and O–H groups in total. The van der Waals surface area contributed by atoms with Crippen LogP contribution >= 0.6 is 23.4 Å². The molecule has 172 valence electrons. The molecular formula is C25H26ClN3O3S. The van der Waals surface area contributed by atoms with Crippen molar-refractivity contribution in [2.24, 2.45) is 13.0 Å². The van der Waals surface area contributed by atoms with Gasteiger partial charge in [-0.25, -0.2) is 0 Å². The molecule has 3 aromatic rings. The lowest BCUT2D eigenvalue weighted by Crippen LogP contribution is -2.33. The molecule has 0 saturated heterocycles. The lowest BCUT2D eigenvalue weighted by Gasteiger charge is -2.27. The highest BCUT2D eigenvalue weighted by Gasteiger charge is 2.32. The van der Waals surface area contributed by atoms with E-state index in [0.717, 1.165) is 16.9 Å². The van der Waals surface area contributed by atoms with Crippen molar-refractivity contribution in [2.45, 2.75) is 37.1 Å². The Kier molecular flexibility index (Phi) is 7.10. The number of rotatable bonds is 7. The van der Waals surface area contributed by atoms with Gasteiger partial charge in [-0.3, -0.25) is 9.59 Å². The number of nitrogens with zero attached hydrogens (tertiary/aromatic N) is 2. The molecule has 0 fully saturated rings. The van der Waals surface area contributed by atoms with Crippen LogP contribution in [0.4, 0.5) is 5.82 Å². The van der Waals surface area contributed by atoms with Crippen LogP contribution in [0.2, 0.25) is 5.02 Å². The number of benzene rings is 2. The first-order valence-electron chi connectivity index (χ1n) is 10.8. The third-order valence-electron chi connectivity index (χ3n) is 5.45. The van der Waals surface area contributed by atoms with Crippen LogP contribution in [0.3, 0.4) is 0 Å². The fourth-order valence-corrected chi connectivity index (χ4v) is 4.78. The van der Waals surface area contributed by atoms with Gasteiger partial charge in [0.25, 0.3) is 5.56 Å². The molecule has 1 aromatic heterocycles. The van der Waals surface area contributed by atoms with Crippen molar-refractivity contribution in [1.29, 1.82) is 0 Å². The molecule has 0 saturated carbocycles. The standard InChI is InChI=1S/C25H26ClN3O3S/c1-15(2)13-32-19-10-6-17(7-11-19)20-12-21(30)27-23-22(20)24(31)28-25(29(23)3)33-14-16-4-8-18(26)9-5-16/h4-11,15,20H,12-14H2,1-3H3,(H,27,30)/t20-/m1/s1. The molecule has 1 amide bonds. The second-order valence-corrected chi connectivity index (χ2v) is 9.89. The van der Waals surface area contributed by atoms with Gasteiger partial charge >= 0.3 is 0 Å². The second kappa shape index (κ2) is 10.0. The maximum Gasteiger partial charge on any atom is 0.279 e. The zero-order valence-electron chi connectivity index (χ0n) is 18.8. The van der Waals surface area contributed by atoms with Gasteiger partial charge in [0.05, 0.1) is 12.2 Å². The highest BCUT2D eigenvalue weighted by atomic mass is 35.5. The first-order valence-corrected chi connectivity index (χ1v) is 12.2. The third-order valence-corrected chi connectivity index (χ3v) is 6.80. The Morgan fingerprint density at radius 3 is 2.52 bits per heavy atom. The summed E-state index contributed by atoms with van der Waals surface area (Å²) in [7, 11) is 1.82. The van der Waals surface area contributed by atoms with Gasteiger partial charge in [-0.2, -0.15) is 4.98 Å². The summed E-state index contributed by atoms with van der Waals surface area (Å²) < 4.78 is 7.55. The fraction of sp³-hybridized carbons (Fsp3) is 0.320. The van der Waals surface area contributed by atoms with E-state index in [-0.39, 0.29) is 23.8 Å². The minimum Gasteiger partial charge on any atom is -0.493 e. The Morgan fingerprint density at radius 2 is 1.85 bits per heavy atom. The average molecular weight is 484 g/mol. The number of aromatic nitrogens is 2. The number of hydrogen-bond donors (Lipinski definition) is 1. The summed E-state index contributed by atoms with van der Waals surface area (Å²) >= 11 is 7.40. The fourth-order valence-electron chi connectivity index (χ4n) is 3.74. The van der Waals surface area contributed by atoms with Gasteiger partial charge in [0.15, 0.2) is 5.16 Å². The summed E-state index contributed by atoms with van der Waals surface area (Å²) in [6.45, 7) is 4.82. The van der Waals surface area contributed by atoms with E-state index in [1.54, 1.807) is 4.57 Å². The summed E-state index contributed by atoms with van der Waals surface area (Å²) in [5.41, 5.74) is 2.16. The van der Waals surface area contributed by atoms with Crippen molar-refractivity contribution in [2.75, 3.05) is 11.9 Å². The van der Waals surface area contributed by atoms with Gasteiger partial charge in [-0.05, 0) is 41.3 Å². The van der Waals surface area contributed by atoms with Gasteiger partial charge in [0.1, 0.15) is 11.6 Å². The molecule has 2 aromatic carbocycles. The van der Waals surface area contributed by atoms with E-state index in [1.807, 2.05) is 55.6 Å². The summed E-state index contributed by atoms with van der Waals surface area (Å²) in [5, 5.41) is 4.11. The van der Waals surface area contributed by atoms with Crippen LogP contribution in [-0.2, 0) is 17.6 Å². The van der Waals surface area contributed by atoms with E-state index < -0.39 is 0 Å². The van der Waals surface area contributed by atoms with Gasteiger partial charge in [0, 0.05) is 30.2 Å². The van der Waals surface area contributed by atoms with Crippen LogP contribution in [0, 0.1) is 5.92 Å². The highest BCUT2D eigenvalue weighted by molar-refractivity contribution is 7.98. The predicted octanol–water partition coefficient (Wildman–Crippen LogP) is 5.23. The third kappa shape index (κ3) is 5.42. The van der Waals surface area contributed by atoms with Gasteiger partial charge in [-0.15, -0.1) is 0 Å². The van der Waals surface area contributed by atoms with Crippen LogP contribution in [0.15, 0.2) is 58.5 Å². The quantitative estimate of drug-likeness (QED) is 0.367.